The molecule has 1 aromatic heterocycles. The van der Waals surface area contributed by atoms with Crippen molar-refractivity contribution in [1.82, 2.24) is 5.32 Å². The molecule has 0 saturated heterocycles. The van der Waals surface area contributed by atoms with Gasteiger partial charge in [-0.1, -0.05) is 36.4 Å². The number of rotatable bonds is 5. The van der Waals surface area contributed by atoms with Crippen LogP contribution in [0.15, 0.2) is 47.8 Å². The number of hydrogen-bond donors (Lipinski definition) is 2. The van der Waals surface area contributed by atoms with E-state index in [0.29, 0.717) is 6.54 Å². The van der Waals surface area contributed by atoms with Crippen molar-refractivity contribution in [3.05, 3.63) is 58.3 Å². The molecule has 0 aliphatic rings. The molecule has 2 aromatic rings. The Morgan fingerprint density at radius 3 is 2.53 bits per heavy atom. The Balaban J connectivity index is 0.00000144. The first-order valence-electron chi connectivity index (χ1n) is 5.32. The molecule has 0 spiro atoms. The van der Waals surface area contributed by atoms with Crippen molar-refractivity contribution in [1.29, 1.82) is 0 Å². The summed E-state index contributed by atoms with van der Waals surface area (Å²) in [6, 6.07) is 13.8. The molecule has 1 atom stereocenters. The summed E-state index contributed by atoms with van der Waals surface area (Å²) in [6.45, 7) is 1.41. The molecule has 0 bridgehead atoms. The summed E-state index contributed by atoms with van der Waals surface area (Å²) in [5.41, 5.74) is 0.959. The van der Waals surface area contributed by atoms with Gasteiger partial charge in [0.1, 0.15) is 0 Å². The van der Waals surface area contributed by atoms with Crippen LogP contribution in [0.25, 0.3) is 0 Å². The van der Waals surface area contributed by atoms with Gasteiger partial charge in [-0.3, -0.25) is 0 Å². The molecule has 0 fully saturated rings. The zero-order chi connectivity index (χ0) is 11.2. The molecule has 2 N–H and O–H groups in total. The van der Waals surface area contributed by atoms with E-state index in [1.54, 1.807) is 11.3 Å². The molecule has 1 aromatic carbocycles. The van der Waals surface area contributed by atoms with E-state index in [1.165, 1.54) is 4.88 Å². The average molecular weight is 269 g/mol. The molecule has 1 unspecified atom stereocenters. The summed E-state index contributed by atoms with van der Waals surface area (Å²) in [5.74, 6) is 0. The Bertz CT molecular complexity index is 405. The molecular formula is C13H15ClNOS-. The minimum absolute atomic E-state index is 0. The van der Waals surface area contributed by atoms with Gasteiger partial charge in [-0.05, 0) is 17.0 Å². The maximum absolute atomic E-state index is 9.89. The van der Waals surface area contributed by atoms with Crippen molar-refractivity contribution in [3.8, 4) is 0 Å². The second-order valence-corrected chi connectivity index (χ2v) is 4.67. The van der Waals surface area contributed by atoms with Gasteiger partial charge in [0.05, 0.1) is 6.10 Å². The quantitative estimate of drug-likeness (QED) is 0.772. The lowest BCUT2D eigenvalue weighted by Crippen LogP contribution is -3.00. The first-order valence-corrected chi connectivity index (χ1v) is 6.20. The Morgan fingerprint density at radius 2 is 1.88 bits per heavy atom. The maximum atomic E-state index is 9.89. The summed E-state index contributed by atoms with van der Waals surface area (Å²) < 4.78 is 0. The van der Waals surface area contributed by atoms with Gasteiger partial charge in [-0.15, -0.1) is 11.3 Å². The van der Waals surface area contributed by atoms with Crippen molar-refractivity contribution in [2.45, 2.75) is 12.6 Å². The number of halogens is 1. The van der Waals surface area contributed by atoms with Crippen molar-refractivity contribution in [2.24, 2.45) is 0 Å². The van der Waals surface area contributed by atoms with Crippen LogP contribution in [0.5, 0.6) is 0 Å². The Morgan fingerprint density at radius 1 is 1.12 bits per heavy atom. The minimum atomic E-state index is -0.429. The van der Waals surface area contributed by atoms with E-state index < -0.39 is 6.10 Å². The van der Waals surface area contributed by atoms with E-state index in [4.69, 9.17) is 0 Å². The van der Waals surface area contributed by atoms with Crippen molar-refractivity contribution in [2.75, 3.05) is 6.54 Å². The van der Waals surface area contributed by atoms with E-state index in [1.807, 2.05) is 36.4 Å². The van der Waals surface area contributed by atoms with Crippen LogP contribution < -0.4 is 17.7 Å². The smallest absolute Gasteiger partial charge is 0.0914 e. The third kappa shape index (κ3) is 4.48. The highest BCUT2D eigenvalue weighted by Crippen LogP contribution is 2.12. The first-order chi connectivity index (χ1) is 7.86. The van der Waals surface area contributed by atoms with Crippen LogP contribution in [0, 0.1) is 0 Å². The number of benzene rings is 1. The van der Waals surface area contributed by atoms with Crippen LogP contribution in [0.1, 0.15) is 16.5 Å². The molecule has 92 valence electrons. The summed E-state index contributed by atoms with van der Waals surface area (Å²) in [5, 5.41) is 15.2. The molecule has 0 aliphatic carbocycles. The second kappa shape index (κ2) is 7.45. The average Bonchev–Trinajstić information content (AvgIpc) is 2.83. The predicted molar refractivity (Wildman–Crippen MR) is 67.4 cm³/mol. The standard InChI is InChI=1S/C13H15NOS.ClH/c15-13(11-5-2-1-3-6-11)10-14-9-12-7-4-8-16-12;/h1-8,13-15H,9-10H2;1H/p-1. The Hall–Kier alpha value is -0.870. The molecule has 0 saturated carbocycles. The fourth-order valence-electron chi connectivity index (χ4n) is 1.54. The molecule has 0 radical (unpaired) electrons. The normalized spacial score (nSPS) is 11.8. The molecule has 2 rings (SSSR count). The van der Waals surface area contributed by atoms with Crippen LogP contribution in [0.4, 0.5) is 0 Å². The van der Waals surface area contributed by atoms with Crippen molar-refractivity contribution in [3.63, 3.8) is 0 Å². The van der Waals surface area contributed by atoms with Crippen LogP contribution in [-0.4, -0.2) is 11.7 Å². The van der Waals surface area contributed by atoms with Gasteiger partial charge >= 0.3 is 0 Å². The summed E-state index contributed by atoms with van der Waals surface area (Å²) in [7, 11) is 0. The van der Waals surface area contributed by atoms with Crippen LogP contribution in [0.3, 0.4) is 0 Å². The lowest BCUT2D eigenvalue weighted by molar-refractivity contribution is -0.00000485. The molecule has 1 heterocycles. The number of thiophene rings is 1. The summed E-state index contributed by atoms with van der Waals surface area (Å²) >= 11 is 1.73. The summed E-state index contributed by atoms with van der Waals surface area (Å²) in [4.78, 5) is 1.29. The zero-order valence-electron chi connectivity index (χ0n) is 9.34. The molecule has 2 nitrogen and oxygen atoms in total. The van der Waals surface area contributed by atoms with Crippen molar-refractivity contribution >= 4 is 11.3 Å². The first kappa shape index (κ1) is 14.2. The van der Waals surface area contributed by atoms with Gasteiger partial charge in [-0.25, -0.2) is 0 Å². The van der Waals surface area contributed by atoms with Gasteiger partial charge in [0.15, 0.2) is 0 Å². The van der Waals surface area contributed by atoms with Crippen LogP contribution in [-0.2, 0) is 6.54 Å². The summed E-state index contributed by atoms with van der Waals surface area (Å²) in [6.07, 6.45) is -0.429. The predicted octanol–water partition coefficient (Wildman–Crippen LogP) is -0.425. The number of aliphatic hydroxyl groups is 1. The van der Waals surface area contributed by atoms with E-state index in [0.717, 1.165) is 12.1 Å². The minimum Gasteiger partial charge on any atom is -1.00 e. The third-order valence-electron chi connectivity index (χ3n) is 2.40. The Labute approximate surface area is 112 Å². The van der Waals surface area contributed by atoms with Crippen LogP contribution >= 0.6 is 11.3 Å². The SMILES string of the molecule is OC(CNCc1cccs1)c1ccccc1.[Cl-]. The maximum Gasteiger partial charge on any atom is 0.0914 e. The van der Waals surface area contributed by atoms with Crippen LogP contribution in [0.2, 0.25) is 0 Å². The number of nitrogens with one attached hydrogen (secondary N) is 1. The van der Waals surface area contributed by atoms with Gasteiger partial charge < -0.3 is 22.8 Å². The highest BCUT2D eigenvalue weighted by atomic mass is 35.5. The van der Waals surface area contributed by atoms with Crippen molar-refractivity contribution < 1.29 is 17.5 Å². The second-order valence-electron chi connectivity index (χ2n) is 3.64. The van der Waals surface area contributed by atoms with Gasteiger partial charge in [0, 0.05) is 18.0 Å². The topological polar surface area (TPSA) is 32.3 Å². The van der Waals surface area contributed by atoms with Gasteiger partial charge in [-0.2, -0.15) is 0 Å². The van der Waals surface area contributed by atoms with E-state index in [2.05, 4.69) is 16.8 Å². The third-order valence-corrected chi connectivity index (χ3v) is 3.28. The molecule has 17 heavy (non-hydrogen) atoms. The zero-order valence-corrected chi connectivity index (χ0v) is 10.9. The van der Waals surface area contributed by atoms with Gasteiger partial charge in [0.25, 0.3) is 0 Å². The van der Waals surface area contributed by atoms with E-state index in [-0.39, 0.29) is 12.4 Å². The molecular weight excluding hydrogens is 254 g/mol. The van der Waals surface area contributed by atoms with E-state index in [9.17, 15) is 5.11 Å². The fraction of sp³-hybridized carbons (Fsp3) is 0.231. The number of aliphatic hydroxyl groups excluding tert-OH is 1. The molecule has 4 heteroatoms. The monoisotopic (exact) mass is 268 g/mol. The highest BCUT2D eigenvalue weighted by Gasteiger charge is 2.05. The van der Waals surface area contributed by atoms with E-state index >= 15 is 0 Å². The highest BCUT2D eigenvalue weighted by molar-refractivity contribution is 7.09. The molecule has 0 aliphatic heterocycles. The fourth-order valence-corrected chi connectivity index (χ4v) is 2.21. The lowest BCUT2D eigenvalue weighted by Gasteiger charge is -2.11. The lowest BCUT2D eigenvalue weighted by atomic mass is 10.1. The Kier molecular flexibility index (Phi) is 6.22. The van der Waals surface area contributed by atoms with Gasteiger partial charge in [0.2, 0.25) is 0 Å². The molecule has 0 amide bonds. The largest absolute Gasteiger partial charge is 1.00 e. The number of hydrogen-bond acceptors (Lipinski definition) is 3.